The van der Waals surface area contributed by atoms with E-state index in [0.29, 0.717) is 11.0 Å². The van der Waals surface area contributed by atoms with Crippen LogP contribution < -0.4 is 10.1 Å². The average molecular weight is 386 g/mol. The molecule has 0 saturated heterocycles. The van der Waals surface area contributed by atoms with Crippen LogP contribution in [0.25, 0.3) is 5.69 Å². The molecule has 1 heterocycles. The van der Waals surface area contributed by atoms with Gasteiger partial charge < -0.3 is 10.1 Å². The Morgan fingerprint density at radius 3 is 2.59 bits per heavy atom. The SMILES string of the molecule is COc1ccc(-n2c(C)nnc2SCC(=O)Nc2ccc(C)cc2F)cc1. The van der Waals surface area contributed by atoms with Crippen molar-refractivity contribution in [2.24, 2.45) is 0 Å². The van der Waals surface area contributed by atoms with E-state index in [1.165, 1.54) is 17.8 Å². The number of carbonyl (C=O) groups excluding carboxylic acids is 1. The van der Waals surface area contributed by atoms with Crippen LogP contribution in [0.2, 0.25) is 0 Å². The van der Waals surface area contributed by atoms with Gasteiger partial charge in [0.25, 0.3) is 0 Å². The van der Waals surface area contributed by atoms with Gasteiger partial charge in [-0.05, 0) is 55.8 Å². The zero-order valence-corrected chi connectivity index (χ0v) is 16.0. The van der Waals surface area contributed by atoms with Crippen LogP contribution in [0.1, 0.15) is 11.4 Å². The second-order valence-corrected chi connectivity index (χ2v) is 6.83. The van der Waals surface area contributed by atoms with E-state index in [-0.39, 0.29) is 17.3 Å². The largest absolute Gasteiger partial charge is 0.497 e. The van der Waals surface area contributed by atoms with Crippen molar-refractivity contribution in [2.45, 2.75) is 19.0 Å². The van der Waals surface area contributed by atoms with Gasteiger partial charge in [0, 0.05) is 5.69 Å². The van der Waals surface area contributed by atoms with E-state index in [2.05, 4.69) is 15.5 Å². The van der Waals surface area contributed by atoms with Crippen LogP contribution in [0.15, 0.2) is 47.6 Å². The first-order valence-corrected chi connectivity index (χ1v) is 9.21. The number of amides is 1. The van der Waals surface area contributed by atoms with E-state index in [1.807, 2.05) is 35.8 Å². The topological polar surface area (TPSA) is 69.0 Å². The van der Waals surface area contributed by atoms with Crippen molar-refractivity contribution < 1.29 is 13.9 Å². The van der Waals surface area contributed by atoms with E-state index in [0.717, 1.165) is 17.0 Å². The molecule has 0 aliphatic heterocycles. The number of anilines is 1. The number of aromatic nitrogens is 3. The van der Waals surface area contributed by atoms with Crippen molar-refractivity contribution in [1.29, 1.82) is 0 Å². The lowest BCUT2D eigenvalue weighted by atomic mass is 10.2. The lowest BCUT2D eigenvalue weighted by Crippen LogP contribution is -2.15. The highest BCUT2D eigenvalue weighted by molar-refractivity contribution is 7.99. The highest BCUT2D eigenvalue weighted by atomic mass is 32.2. The number of aryl methyl sites for hydroxylation is 2. The van der Waals surface area contributed by atoms with Gasteiger partial charge in [-0.15, -0.1) is 10.2 Å². The molecule has 0 fully saturated rings. The third-order valence-corrected chi connectivity index (χ3v) is 4.79. The Labute approximate surface area is 160 Å². The third-order valence-electron chi connectivity index (χ3n) is 3.86. The Bertz CT molecular complexity index is 957. The Morgan fingerprint density at radius 1 is 1.19 bits per heavy atom. The maximum Gasteiger partial charge on any atom is 0.234 e. The second kappa shape index (κ2) is 8.22. The van der Waals surface area contributed by atoms with Crippen molar-refractivity contribution >= 4 is 23.4 Å². The van der Waals surface area contributed by atoms with E-state index < -0.39 is 5.82 Å². The van der Waals surface area contributed by atoms with Crippen LogP contribution in [-0.2, 0) is 4.79 Å². The van der Waals surface area contributed by atoms with Gasteiger partial charge in [-0.2, -0.15) is 0 Å². The van der Waals surface area contributed by atoms with Crippen LogP contribution in [-0.4, -0.2) is 33.5 Å². The first kappa shape index (κ1) is 18.9. The number of hydrogen-bond acceptors (Lipinski definition) is 5. The fourth-order valence-corrected chi connectivity index (χ4v) is 3.30. The van der Waals surface area contributed by atoms with Crippen LogP contribution in [0.4, 0.5) is 10.1 Å². The minimum Gasteiger partial charge on any atom is -0.497 e. The third kappa shape index (κ3) is 4.46. The number of nitrogens with zero attached hydrogens (tertiary/aromatic N) is 3. The molecule has 0 saturated carbocycles. The molecular formula is C19H19FN4O2S. The lowest BCUT2D eigenvalue weighted by molar-refractivity contribution is -0.113. The molecule has 27 heavy (non-hydrogen) atoms. The highest BCUT2D eigenvalue weighted by Crippen LogP contribution is 2.24. The molecule has 1 amide bonds. The summed E-state index contributed by atoms with van der Waals surface area (Å²) in [5.74, 6) is 0.767. The first-order chi connectivity index (χ1) is 13.0. The molecule has 0 spiro atoms. The zero-order valence-electron chi connectivity index (χ0n) is 15.2. The molecule has 0 unspecified atom stereocenters. The molecule has 1 aromatic heterocycles. The fourth-order valence-electron chi connectivity index (χ4n) is 2.50. The zero-order chi connectivity index (χ0) is 19.4. The summed E-state index contributed by atoms with van der Waals surface area (Å²) in [4.78, 5) is 12.2. The molecule has 0 bridgehead atoms. The van der Waals surface area contributed by atoms with Crippen molar-refractivity contribution in [2.75, 3.05) is 18.2 Å². The van der Waals surface area contributed by atoms with Crippen LogP contribution in [0.3, 0.4) is 0 Å². The number of methoxy groups -OCH3 is 1. The van der Waals surface area contributed by atoms with Gasteiger partial charge >= 0.3 is 0 Å². The van der Waals surface area contributed by atoms with Gasteiger partial charge in [-0.1, -0.05) is 17.8 Å². The number of nitrogens with one attached hydrogen (secondary N) is 1. The summed E-state index contributed by atoms with van der Waals surface area (Å²) in [6.07, 6.45) is 0. The molecule has 1 N–H and O–H groups in total. The molecule has 0 atom stereocenters. The lowest BCUT2D eigenvalue weighted by Gasteiger charge is -2.10. The van der Waals surface area contributed by atoms with Crippen molar-refractivity contribution in [3.63, 3.8) is 0 Å². The Balaban J connectivity index is 1.70. The number of halogens is 1. The Hall–Kier alpha value is -2.87. The van der Waals surface area contributed by atoms with Crippen molar-refractivity contribution in [3.05, 3.63) is 59.7 Å². The van der Waals surface area contributed by atoms with Gasteiger partial charge in [0.05, 0.1) is 18.6 Å². The average Bonchev–Trinajstić information content (AvgIpc) is 3.03. The van der Waals surface area contributed by atoms with E-state index in [1.54, 1.807) is 26.2 Å². The molecule has 8 heteroatoms. The number of hydrogen-bond donors (Lipinski definition) is 1. The van der Waals surface area contributed by atoms with Crippen LogP contribution >= 0.6 is 11.8 Å². The maximum absolute atomic E-state index is 13.9. The van der Waals surface area contributed by atoms with E-state index >= 15 is 0 Å². The number of benzene rings is 2. The number of carbonyl (C=O) groups is 1. The molecule has 0 aliphatic carbocycles. The Kier molecular flexibility index (Phi) is 5.75. The predicted molar refractivity (Wildman–Crippen MR) is 103 cm³/mol. The van der Waals surface area contributed by atoms with Crippen LogP contribution in [0, 0.1) is 19.7 Å². The number of ether oxygens (including phenoxy) is 1. The molecule has 0 aliphatic rings. The molecule has 2 aromatic carbocycles. The maximum atomic E-state index is 13.9. The minimum atomic E-state index is -0.453. The summed E-state index contributed by atoms with van der Waals surface area (Å²) in [7, 11) is 1.61. The number of rotatable bonds is 6. The molecule has 3 rings (SSSR count). The van der Waals surface area contributed by atoms with Gasteiger partial charge in [0.2, 0.25) is 5.91 Å². The van der Waals surface area contributed by atoms with E-state index in [4.69, 9.17) is 4.74 Å². The molecule has 0 radical (unpaired) electrons. The molecule has 140 valence electrons. The first-order valence-electron chi connectivity index (χ1n) is 8.23. The van der Waals surface area contributed by atoms with Gasteiger partial charge in [0.1, 0.15) is 17.4 Å². The minimum absolute atomic E-state index is 0.0849. The monoisotopic (exact) mass is 386 g/mol. The van der Waals surface area contributed by atoms with Gasteiger partial charge in [0.15, 0.2) is 5.16 Å². The summed E-state index contributed by atoms with van der Waals surface area (Å²) in [5, 5.41) is 11.4. The summed E-state index contributed by atoms with van der Waals surface area (Å²) in [5.41, 5.74) is 1.83. The van der Waals surface area contributed by atoms with Crippen molar-refractivity contribution in [3.8, 4) is 11.4 Å². The standard InChI is InChI=1S/C19H19FN4O2S/c1-12-4-9-17(16(20)10-12)21-18(25)11-27-19-23-22-13(2)24(19)14-5-7-15(26-3)8-6-14/h4-10H,11H2,1-3H3,(H,21,25). The predicted octanol–water partition coefficient (Wildman–Crippen LogP) is 3.76. The molecular weight excluding hydrogens is 367 g/mol. The summed E-state index contributed by atoms with van der Waals surface area (Å²) in [6.45, 7) is 3.63. The second-order valence-electron chi connectivity index (χ2n) is 5.88. The van der Waals surface area contributed by atoms with Gasteiger partial charge in [-0.3, -0.25) is 9.36 Å². The highest BCUT2D eigenvalue weighted by Gasteiger charge is 2.14. The summed E-state index contributed by atoms with van der Waals surface area (Å²) >= 11 is 1.23. The number of thioether (sulfide) groups is 1. The fraction of sp³-hybridized carbons (Fsp3) is 0.211. The normalized spacial score (nSPS) is 10.7. The summed E-state index contributed by atoms with van der Waals surface area (Å²) in [6, 6.07) is 12.1. The van der Waals surface area contributed by atoms with E-state index in [9.17, 15) is 9.18 Å². The molecule has 3 aromatic rings. The summed E-state index contributed by atoms with van der Waals surface area (Å²) < 4.78 is 20.9. The smallest absolute Gasteiger partial charge is 0.234 e. The van der Waals surface area contributed by atoms with Gasteiger partial charge in [-0.25, -0.2) is 4.39 Å². The molecule has 6 nitrogen and oxygen atoms in total. The van der Waals surface area contributed by atoms with Crippen LogP contribution in [0.5, 0.6) is 5.75 Å². The van der Waals surface area contributed by atoms with Crippen molar-refractivity contribution in [1.82, 2.24) is 14.8 Å². The quantitative estimate of drug-likeness (QED) is 0.653. The Morgan fingerprint density at radius 2 is 1.93 bits per heavy atom.